The van der Waals surface area contributed by atoms with Gasteiger partial charge in [0.2, 0.25) is 0 Å². The van der Waals surface area contributed by atoms with Crippen LogP contribution >= 0.6 is 22.6 Å². The van der Waals surface area contributed by atoms with Crippen LogP contribution in [0.2, 0.25) is 0 Å². The summed E-state index contributed by atoms with van der Waals surface area (Å²) in [6, 6.07) is 6.24. The first-order chi connectivity index (χ1) is 14.4. The van der Waals surface area contributed by atoms with Crippen molar-refractivity contribution in [2.45, 2.75) is 38.3 Å². The molecule has 0 aromatic heterocycles. The second kappa shape index (κ2) is 8.95. The van der Waals surface area contributed by atoms with Gasteiger partial charge >= 0.3 is 0 Å². The number of hydrogen-bond acceptors (Lipinski definition) is 4. The predicted molar refractivity (Wildman–Crippen MR) is 122 cm³/mol. The molecule has 0 radical (unpaired) electrons. The van der Waals surface area contributed by atoms with Crippen molar-refractivity contribution in [2.24, 2.45) is 0 Å². The van der Waals surface area contributed by atoms with Gasteiger partial charge in [-0.2, -0.15) is 0 Å². The summed E-state index contributed by atoms with van der Waals surface area (Å²) in [5.74, 6) is -3.66. The molecular formula is C22H25F3IN3O2. The minimum atomic E-state index is -1.27. The van der Waals surface area contributed by atoms with Gasteiger partial charge in [0.15, 0.2) is 11.6 Å². The standard InChI is InChI=1S/C22H25F3IN3O2/c1-4-21(2,3)27-10-22(31)11-29(12-22)20(30)14-6-7-15(23)18(25)19(14)28-17-8-5-13(26)9-16(17)24/h5-9,27-28,31H,4,10-12H2,1-3H3. The summed E-state index contributed by atoms with van der Waals surface area (Å²) in [5, 5.41) is 16.4. The number of hydrogen-bond donors (Lipinski definition) is 3. The van der Waals surface area contributed by atoms with Crippen molar-refractivity contribution in [1.29, 1.82) is 0 Å². The maximum absolute atomic E-state index is 14.6. The van der Waals surface area contributed by atoms with Gasteiger partial charge in [-0.05, 0) is 73.2 Å². The van der Waals surface area contributed by atoms with E-state index in [-0.39, 0.29) is 29.9 Å². The van der Waals surface area contributed by atoms with Crippen molar-refractivity contribution in [1.82, 2.24) is 10.2 Å². The number of likely N-dealkylation sites (tertiary alicyclic amines) is 1. The molecule has 2 aromatic carbocycles. The molecule has 3 rings (SSSR count). The third-order valence-corrected chi connectivity index (χ3v) is 6.22. The topological polar surface area (TPSA) is 64.6 Å². The van der Waals surface area contributed by atoms with Crippen molar-refractivity contribution < 1.29 is 23.1 Å². The van der Waals surface area contributed by atoms with E-state index in [0.29, 0.717) is 10.1 Å². The Morgan fingerprint density at radius 3 is 2.48 bits per heavy atom. The van der Waals surface area contributed by atoms with Crippen LogP contribution in [0.15, 0.2) is 30.3 Å². The monoisotopic (exact) mass is 547 g/mol. The molecule has 0 unspecified atom stereocenters. The van der Waals surface area contributed by atoms with Gasteiger partial charge in [0.1, 0.15) is 11.4 Å². The van der Waals surface area contributed by atoms with Gasteiger partial charge in [-0.25, -0.2) is 13.2 Å². The fourth-order valence-electron chi connectivity index (χ4n) is 3.20. The molecule has 1 saturated heterocycles. The van der Waals surface area contributed by atoms with Crippen molar-refractivity contribution in [3.63, 3.8) is 0 Å². The van der Waals surface area contributed by atoms with E-state index in [1.807, 2.05) is 43.4 Å². The van der Waals surface area contributed by atoms with Crippen LogP contribution in [0.1, 0.15) is 37.6 Å². The summed E-state index contributed by atoms with van der Waals surface area (Å²) >= 11 is 1.93. The number of β-amino-alcohol motifs (C(OH)–C–C–N with tert-alkyl or cyclic N) is 1. The van der Waals surface area contributed by atoms with Crippen LogP contribution in [-0.2, 0) is 0 Å². The third kappa shape index (κ3) is 5.32. The zero-order chi connectivity index (χ0) is 23.0. The van der Waals surface area contributed by atoms with E-state index in [2.05, 4.69) is 10.6 Å². The molecule has 2 aromatic rings. The molecule has 31 heavy (non-hydrogen) atoms. The fourth-order valence-corrected chi connectivity index (χ4v) is 3.65. The average Bonchev–Trinajstić information content (AvgIpc) is 2.69. The second-order valence-electron chi connectivity index (χ2n) is 8.51. The number of halogens is 4. The van der Waals surface area contributed by atoms with Gasteiger partial charge in [-0.3, -0.25) is 4.79 Å². The number of aliphatic hydroxyl groups is 1. The maximum Gasteiger partial charge on any atom is 0.256 e. The first kappa shape index (κ1) is 23.8. The highest BCUT2D eigenvalue weighted by Crippen LogP contribution is 2.31. The quantitative estimate of drug-likeness (QED) is 0.450. The van der Waals surface area contributed by atoms with E-state index in [0.717, 1.165) is 18.6 Å². The number of nitrogens with one attached hydrogen (secondary N) is 2. The van der Waals surface area contributed by atoms with Gasteiger partial charge in [-0.1, -0.05) is 6.92 Å². The minimum Gasteiger partial charge on any atom is -0.385 e. The lowest BCUT2D eigenvalue weighted by Gasteiger charge is -2.47. The average molecular weight is 547 g/mol. The Morgan fingerprint density at radius 1 is 1.19 bits per heavy atom. The molecule has 1 amide bonds. The number of benzene rings is 2. The van der Waals surface area contributed by atoms with E-state index in [1.54, 1.807) is 6.07 Å². The molecule has 0 saturated carbocycles. The molecule has 0 aliphatic carbocycles. The zero-order valence-electron chi connectivity index (χ0n) is 17.5. The van der Waals surface area contributed by atoms with E-state index in [9.17, 15) is 23.1 Å². The molecule has 3 N–H and O–H groups in total. The van der Waals surface area contributed by atoms with Gasteiger partial charge in [0.25, 0.3) is 5.91 Å². The van der Waals surface area contributed by atoms with Crippen LogP contribution in [-0.4, -0.2) is 46.7 Å². The van der Waals surface area contributed by atoms with Crippen LogP contribution in [0.25, 0.3) is 0 Å². The van der Waals surface area contributed by atoms with Crippen molar-refractivity contribution >= 4 is 39.9 Å². The highest BCUT2D eigenvalue weighted by molar-refractivity contribution is 14.1. The lowest BCUT2D eigenvalue weighted by Crippen LogP contribution is -2.68. The summed E-state index contributed by atoms with van der Waals surface area (Å²) in [6.45, 7) is 6.46. The molecule has 0 atom stereocenters. The summed E-state index contributed by atoms with van der Waals surface area (Å²) in [5.41, 5.74) is -1.91. The smallest absolute Gasteiger partial charge is 0.256 e. The third-order valence-electron chi connectivity index (χ3n) is 5.55. The molecule has 1 aliphatic heterocycles. The van der Waals surface area contributed by atoms with Crippen LogP contribution in [0, 0.1) is 21.0 Å². The Bertz CT molecular complexity index is 994. The number of carbonyl (C=O) groups is 1. The van der Waals surface area contributed by atoms with Crippen LogP contribution in [0.3, 0.4) is 0 Å². The Hall–Kier alpha value is -1.85. The van der Waals surface area contributed by atoms with Gasteiger partial charge in [-0.15, -0.1) is 0 Å². The summed E-state index contributed by atoms with van der Waals surface area (Å²) in [7, 11) is 0. The molecule has 0 bridgehead atoms. The summed E-state index contributed by atoms with van der Waals surface area (Å²) in [6.07, 6.45) is 0.866. The molecule has 1 aliphatic rings. The van der Waals surface area contributed by atoms with E-state index in [4.69, 9.17) is 0 Å². The highest BCUT2D eigenvalue weighted by Gasteiger charge is 2.44. The Kier molecular flexibility index (Phi) is 6.87. The number of anilines is 2. The highest BCUT2D eigenvalue weighted by atomic mass is 127. The Balaban J connectivity index is 1.79. The number of rotatable bonds is 7. The number of carbonyl (C=O) groups excluding carboxylic acids is 1. The van der Waals surface area contributed by atoms with Crippen LogP contribution in [0.4, 0.5) is 24.5 Å². The summed E-state index contributed by atoms with van der Waals surface area (Å²) in [4.78, 5) is 14.3. The van der Waals surface area contributed by atoms with Crippen molar-refractivity contribution in [3.8, 4) is 0 Å². The number of amides is 1. The van der Waals surface area contributed by atoms with Gasteiger partial charge in [0.05, 0.1) is 30.0 Å². The molecule has 1 fully saturated rings. The largest absolute Gasteiger partial charge is 0.385 e. The predicted octanol–water partition coefficient (Wildman–Crippen LogP) is 4.42. The first-order valence-corrected chi connectivity index (χ1v) is 11.0. The fraction of sp³-hybridized carbons (Fsp3) is 0.409. The molecule has 1 heterocycles. The van der Waals surface area contributed by atoms with E-state index >= 15 is 0 Å². The van der Waals surface area contributed by atoms with Crippen molar-refractivity contribution in [3.05, 3.63) is 56.9 Å². The lowest BCUT2D eigenvalue weighted by atomic mass is 9.91. The minimum absolute atomic E-state index is 0.0506. The summed E-state index contributed by atoms with van der Waals surface area (Å²) < 4.78 is 43.3. The van der Waals surface area contributed by atoms with E-state index in [1.165, 1.54) is 17.0 Å². The van der Waals surface area contributed by atoms with Gasteiger partial charge < -0.3 is 20.6 Å². The first-order valence-electron chi connectivity index (χ1n) is 9.91. The zero-order valence-corrected chi connectivity index (χ0v) is 19.7. The molecule has 168 valence electrons. The van der Waals surface area contributed by atoms with E-state index < -0.39 is 34.6 Å². The van der Waals surface area contributed by atoms with Gasteiger partial charge in [0, 0.05) is 15.7 Å². The molecule has 9 heteroatoms. The SMILES string of the molecule is CCC(C)(C)NCC1(O)CN(C(=O)c2ccc(F)c(F)c2Nc2ccc(I)cc2F)C1. The van der Waals surface area contributed by atoms with Crippen molar-refractivity contribution in [2.75, 3.05) is 25.0 Å². The van der Waals surface area contributed by atoms with Crippen LogP contribution in [0.5, 0.6) is 0 Å². The molecule has 0 spiro atoms. The Morgan fingerprint density at radius 2 is 1.87 bits per heavy atom. The number of nitrogens with zero attached hydrogens (tertiary/aromatic N) is 1. The second-order valence-corrected chi connectivity index (χ2v) is 9.76. The van der Waals surface area contributed by atoms with Crippen LogP contribution < -0.4 is 10.6 Å². The molecular weight excluding hydrogens is 522 g/mol. The molecule has 5 nitrogen and oxygen atoms in total. The lowest BCUT2D eigenvalue weighted by molar-refractivity contribution is -0.0816. The normalized spacial score (nSPS) is 15.5. The maximum atomic E-state index is 14.6. The Labute approximate surface area is 193 Å².